The van der Waals surface area contributed by atoms with Crippen molar-refractivity contribution < 1.29 is 9.72 Å². The van der Waals surface area contributed by atoms with Gasteiger partial charge in [0.25, 0.3) is 11.6 Å². The quantitative estimate of drug-likeness (QED) is 0.296. The van der Waals surface area contributed by atoms with Crippen LogP contribution in [0.25, 0.3) is 0 Å². The second-order valence-corrected chi connectivity index (χ2v) is 9.18. The van der Waals surface area contributed by atoms with Crippen LogP contribution in [0.5, 0.6) is 0 Å². The molecule has 1 aliphatic heterocycles. The molecular formula is C25H26N4O3S. The number of nitro groups is 1. The molecule has 0 unspecified atom stereocenters. The third kappa shape index (κ3) is 5.34. The molecule has 0 spiro atoms. The smallest absolute Gasteiger partial charge is 0.283 e. The molecule has 1 amide bonds. The summed E-state index contributed by atoms with van der Waals surface area (Å²) < 4.78 is 0. The number of anilines is 1. The normalized spacial score (nSPS) is 13.8. The first-order valence-corrected chi connectivity index (χ1v) is 11.8. The van der Waals surface area contributed by atoms with Crippen LogP contribution in [0.15, 0.2) is 65.8 Å². The van der Waals surface area contributed by atoms with E-state index in [1.165, 1.54) is 34.6 Å². The van der Waals surface area contributed by atoms with Gasteiger partial charge in [0.05, 0.1) is 9.82 Å². The van der Waals surface area contributed by atoms with Gasteiger partial charge in [0.15, 0.2) is 0 Å². The first-order chi connectivity index (χ1) is 15.9. The Hall–Kier alpha value is -3.39. The molecule has 3 aromatic rings. The number of thioether (sulfide) groups is 1. The van der Waals surface area contributed by atoms with Crippen molar-refractivity contribution in [1.29, 1.82) is 0 Å². The van der Waals surface area contributed by atoms with E-state index in [-0.39, 0.29) is 11.6 Å². The number of carbonyl (C=O) groups is 1. The van der Waals surface area contributed by atoms with E-state index < -0.39 is 4.92 Å². The molecule has 0 aliphatic carbocycles. The Morgan fingerprint density at radius 2 is 1.88 bits per heavy atom. The van der Waals surface area contributed by atoms with Crippen LogP contribution in [-0.4, -0.2) is 46.9 Å². The van der Waals surface area contributed by atoms with E-state index >= 15 is 0 Å². The van der Waals surface area contributed by atoms with Gasteiger partial charge in [-0.05, 0) is 54.8 Å². The predicted octanol–water partition coefficient (Wildman–Crippen LogP) is 4.86. The summed E-state index contributed by atoms with van der Waals surface area (Å²) >= 11 is 1.37. The molecule has 0 N–H and O–H groups in total. The number of amides is 1. The Balaban J connectivity index is 1.44. The lowest BCUT2D eigenvalue weighted by molar-refractivity contribution is -0.387. The molecule has 8 heteroatoms. The van der Waals surface area contributed by atoms with Crippen LogP contribution in [0.4, 0.5) is 11.4 Å². The lowest BCUT2D eigenvalue weighted by Gasteiger charge is -2.37. The summed E-state index contributed by atoms with van der Waals surface area (Å²) in [5, 5.41) is 11.7. The third-order valence-electron chi connectivity index (χ3n) is 5.79. The molecule has 33 heavy (non-hydrogen) atoms. The van der Waals surface area contributed by atoms with Gasteiger partial charge in [-0.1, -0.05) is 18.2 Å². The van der Waals surface area contributed by atoms with Gasteiger partial charge in [-0.2, -0.15) is 0 Å². The zero-order valence-electron chi connectivity index (χ0n) is 18.7. The van der Waals surface area contributed by atoms with Crippen LogP contribution < -0.4 is 4.90 Å². The topological polar surface area (TPSA) is 79.6 Å². The van der Waals surface area contributed by atoms with Crippen molar-refractivity contribution in [1.82, 2.24) is 9.88 Å². The number of nitro benzene ring substituents is 1. The highest BCUT2D eigenvalue weighted by atomic mass is 32.2. The van der Waals surface area contributed by atoms with Crippen molar-refractivity contribution in [2.75, 3.05) is 31.1 Å². The van der Waals surface area contributed by atoms with Crippen molar-refractivity contribution in [3.63, 3.8) is 0 Å². The average Bonchev–Trinajstić information content (AvgIpc) is 2.84. The molecule has 1 aliphatic rings. The summed E-state index contributed by atoms with van der Waals surface area (Å²) in [5.74, 6) is 0.407. The van der Waals surface area contributed by atoms with Crippen LogP contribution in [0.1, 0.15) is 27.0 Å². The van der Waals surface area contributed by atoms with Gasteiger partial charge in [-0.25, -0.2) is 0 Å². The summed E-state index contributed by atoms with van der Waals surface area (Å²) in [6.07, 6.45) is 3.44. The molecule has 0 saturated carbocycles. The van der Waals surface area contributed by atoms with Gasteiger partial charge >= 0.3 is 0 Å². The number of piperazine rings is 1. The van der Waals surface area contributed by atoms with Crippen LogP contribution in [0.3, 0.4) is 0 Å². The second-order valence-electron chi connectivity index (χ2n) is 8.16. The molecule has 2 heterocycles. The first-order valence-electron chi connectivity index (χ1n) is 10.8. The Kier molecular flexibility index (Phi) is 6.93. The molecule has 1 fully saturated rings. The van der Waals surface area contributed by atoms with Gasteiger partial charge in [0.1, 0.15) is 0 Å². The molecule has 0 atom stereocenters. The van der Waals surface area contributed by atoms with Crippen molar-refractivity contribution >= 4 is 29.0 Å². The maximum atomic E-state index is 13.1. The highest BCUT2D eigenvalue weighted by molar-refractivity contribution is 7.98. The number of hydrogen-bond acceptors (Lipinski definition) is 6. The van der Waals surface area contributed by atoms with Crippen molar-refractivity contribution in [3.05, 3.63) is 93.3 Å². The largest absolute Gasteiger partial charge is 0.368 e. The second kappa shape index (κ2) is 10.0. The molecule has 170 valence electrons. The average molecular weight is 463 g/mol. The highest BCUT2D eigenvalue weighted by Gasteiger charge is 2.25. The molecular weight excluding hydrogens is 436 g/mol. The summed E-state index contributed by atoms with van der Waals surface area (Å²) in [6, 6.07) is 15.0. The van der Waals surface area contributed by atoms with E-state index in [1.54, 1.807) is 29.4 Å². The predicted molar refractivity (Wildman–Crippen MR) is 131 cm³/mol. The maximum Gasteiger partial charge on any atom is 0.283 e. The minimum Gasteiger partial charge on any atom is -0.368 e. The molecule has 4 rings (SSSR count). The van der Waals surface area contributed by atoms with Crippen LogP contribution in [-0.2, 0) is 5.75 Å². The minimum absolute atomic E-state index is 0.0382. The van der Waals surface area contributed by atoms with Gasteiger partial charge in [-0.3, -0.25) is 19.9 Å². The van der Waals surface area contributed by atoms with Crippen molar-refractivity contribution in [3.8, 4) is 0 Å². The van der Waals surface area contributed by atoms with Crippen LogP contribution >= 0.6 is 11.8 Å². The maximum absolute atomic E-state index is 13.1. The highest BCUT2D eigenvalue weighted by Crippen LogP contribution is 2.33. The number of hydrogen-bond donors (Lipinski definition) is 0. The summed E-state index contributed by atoms with van der Waals surface area (Å²) in [6.45, 7) is 6.80. The Labute approximate surface area is 197 Å². The fourth-order valence-corrected chi connectivity index (χ4v) is 4.89. The number of aryl methyl sites for hydroxylation is 2. The molecule has 2 aromatic carbocycles. The van der Waals surface area contributed by atoms with Crippen molar-refractivity contribution in [2.24, 2.45) is 0 Å². The van der Waals surface area contributed by atoms with E-state index in [0.717, 1.165) is 18.7 Å². The SMILES string of the molecule is Cc1ccc(C)c(N2CCN(C(=O)c3ccc(SCc4cccnc4)c([N+](=O)[O-])c3)CC2)c1. The van der Waals surface area contributed by atoms with Gasteiger partial charge < -0.3 is 9.80 Å². The molecule has 0 bridgehead atoms. The fraction of sp³-hybridized carbons (Fsp3) is 0.280. The number of nitrogens with zero attached hydrogens (tertiary/aromatic N) is 4. The van der Waals surface area contributed by atoms with E-state index in [9.17, 15) is 14.9 Å². The zero-order valence-corrected chi connectivity index (χ0v) is 19.5. The van der Waals surface area contributed by atoms with Crippen LogP contribution in [0.2, 0.25) is 0 Å². The van der Waals surface area contributed by atoms with Gasteiger partial charge in [-0.15, -0.1) is 11.8 Å². The molecule has 1 aromatic heterocycles. The van der Waals surface area contributed by atoms with Crippen molar-refractivity contribution in [2.45, 2.75) is 24.5 Å². The molecule has 1 saturated heterocycles. The Bertz CT molecular complexity index is 1160. The monoisotopic (exact) mass is 462 g/mol. The standard InChI is InChI=1S/C25H26N4O3S/c1-18-5-6-19(2)22(14-18)27-10-12-28(13-11-27)25(30)21-7-8-24(23(15-21)29(31)32)33-17-20-4-3-9-26-16-20/h3-9,14-16H,10-13,17H2,1-2H3. The van der Waals surface area contributed by atoms with Crippen LogP contribution in [0, 0.1) is 24.0 Å². The fourth-order valence-electron chi connectivity index (χ4n) is 3.95. The Morgan fingerprint density at radius 3 is 2.58 bits per heavy atom. The van der Waals surface area contributed by atoms with Gasteiger partial charge in [0, 0.05) is 61.6 Å². The molecule has 7 nitrogen and oxygen atoms in total. The summed E-state index contributed by atoms with van der Waals surface area (Å²) in [7, 11) is 0. The first kappa shape index (κ1) is 22.8. The van der Waals surface area contributed by atoms with E-state index in [4.69, 9.17) is 0 Å². The molecule has 0 radical (unpaired) electrons. The lowest BCUT2D eigenvalue weighted by atomic mass is 10.1. The number of aromatic nitrogens is 1. The van der Waals surface area contributed by atoms with Gasteiger partial charge in [0.2, 0.25) is 0 Å². The lowest BCUT2D eigenvalue weighted by Crippen LogP contribution is -2.49. The minimum atomic E-state index is -0.416. The van der Waals surface area contributed by atoms with E-state index in [2.05, 4.69) is 41.9 Å². The number of benzene rings is 2. The third-order valence-corrected chi connectivity index (χ3v) is 6.93. The summed E-state index contributed by atoms with van der Waals surface area (Å²) in [4.78, 5) is 33.1. The Morgan fingerprint density at radius 1 is 1.09 bits per heavy atom. The zero-order chi connectivity index (χ0) is 23.4. The number of carbonyl (C=O) groups excluding carboxylic acids is 1. The summed E-state index contributed by atoms with van der Waals surface area (Å²) in [5.41, 5.74) is 4.93. The van der Waals surface area contributed by atoms with E-state index in [1.807, 2.05) is 12.1 Å². The number of pyridine rings is 1. The van der Waals surface area contributed by atoms with E-state index in [0.29, 0.717) is 29.3 Å². The number of rotatable bonds is 6.